The number of carbonyl (C=O) groups excluding carboxylic acids is 1. The van der Waals surface area contributed by atoms with Gasteiger partial charge >= 0.3 is 0 Å². The maximum atomic E-state index is 13.2. The molecule has 2 fully saturated rings. The maximum absolute atomic E-state index is 13.2. The summed E-state index contributed by atoms with van der Waals surface area (Å²) in [6.07, 6.45) is 0.931. The molecule has 1 saturated carbocycles. The van der Waals surface area contributed by atoms with Crippen LogP contribution in [0.3, 0.4) is 0 Å². The fraction of sp³-hybridized carbons (Fsp3) is 0.533. The number of benzene rings is 1. The number of rotatable bonds is 3. The summed E-state index contributed by atoms with van der Waals surface area (Å²) >= 11 is 0. The van der Waals surface area contributed by atoms with Crippen molar-refractivity contribution in [2.24, 2.45) is 11.8 Å². The molecule has 0 radical (unpaired) electrons. The lowest BCUT2D eigenvalue weighted by Gasteiger charge is -2.34. The van der Waals surface area contributed by atoms with E-state index in [9.17, 15) is 17.6 Å². The molecule has 2 atom stereocenters. The topological polar surface area (TPSA) is 57.7 Å². The summed E-state index contributed by atoms with van der Waals surface area (Å²) in [5.74, 6) is 0.126. The Labute approximate surface area is 129 Å². The van der Waals surface area contributed by atoms with Crippen molar-refractivity contribution in [3.05, 3.63) is 30.1 Å². The van der Waals surface area contributed by atoms with Crippen molar-refractivity contribution in [3.8, 4) is 0 Å². The van der Waals surface area contributed by atoms with Crippen LogP contribution < -0.4 is 0 Å². The molecule has 0 bridgehead atoms. The third kappa shape index (κ3) is 2.87. The molecule has 1 heterocycles. The van der Waals surface area contributed by atoms with E-state index in [1.807, 2.05) is 6.92 Å². The lowest BCUT2D eigenvalue weighted by atomic mass is 10.2. The Bertz CT molecular complexity index is 684. The number of hydrogen-bond acceptors (Lipinski definition) is 3. The first kappa shape index (κ1) is 15.4. The third-order valence-corrected chi connectivity index (χ3v) is 6.31. The number of hydrogen-bond donors (Lipinski definition) is 0. The highest BCUT2D eigenvalue weighted by molar-refractivity contribution is 7.89. The first-order valence-electron chi connectivity index (χ1n) is 7.44. The van der Waals surface area contributed by atoms with Gasteiger partial charge in [0.05, 0.1) is 4.90 Å². The Morgan fingerprint density at radius 2 is 1.86 bits per heavy atom. The van der Waals surface area contributed by atoms with E-state index in [0.29, 0.717) is 19.0 Å². The van der Waals surface area contributed by atoms with Gasteiger partial charge in [0.25, 0.3) is 0 Å². The summed E-state index contributed by atoms with van der Waals surface area (Å²) in [5, 5.41) is 0. The molecular weight excluding hydrogens is 307 g/mol. The van der Waals surface area contributed by atoms with E-state index in [4.69, 9.17) is 0 Å². The number of carbonyl (C=O) groups is 1. The van der Waals surface area contributed by atoms with Gasteiger partial charge in [-0.05, 0) is 30.5 Å². The SMILES string of the molecule is C[C@@H]1C[C@H]1C(=O)N1CCN(S(=O)(=O)c2cccc(F)c2)CC1. The second-order valence-electron chi connectivity index (χ2n) is 6.01. The number of halogens is 1. The van der Waals surface area contributed by atoms with Gasteiger partial charge in [-0.25, -0.2) is 12.8 Å². The van der Waals surface area contributed by atoms with Gasteiger partial charge in [0, 0.05) is 32.1 Å². The molecule has 120 valence electrons. The van der Waals surface area contributed by atoms with Gasteiger partial charge in [-0.3, -0.25) is 4.79 Å². The van der Waals surface area contributed by atoms with Gasteiger partial charge in [0.2, 0.25) is 15.9 Å². The molecule has 0 N–H and O–H groups in total. The van der Waals surface area contributed by atoms with Crippen LogP contribution in [0.25, 0.3) is 0 Å². The summed E-state index contributed by atoms with van der Waals surface area (Å²) < 4.78 is 39.5. The van der Waals surface area contributed by atoms with Crippen LogP contribution >= 0.6 is 0 Å². The van der Waals surface area contributed by atoms with Crippen molar-refractivity contribution in [2.45, 2.75) is 18.2 Å². The zero-order valence-corrected chi connectivity index (χ0v) is 13.2. The van der Waals surface area contributed by atoms with Crippen molar-refractivity contribution in [1.29, 1.82) is 0 Å². The summed E-state index contributed by atoms with van der Waals surface area (Å²) in [4.78, 5) is 13.9. The van der Waals surface area contributed by atoms with Crippen molar-refractivity contribution >= 4 is 15.9 Å². The van der Waals surface area contributed by atoms with E-state index >= 15 is 0 Å². The van der Waals surface area contributed by atoms with E-state index in [1.54, 1.807) is 4.90 Å². The van der Waals surface area contributed by atoms with Gasteiger partial charge in [-0.2, -0.15) is 4.31 Å². The number of amides is 1. The monoisotopic (exact) mass is 326 g/mol. The largest absolute Gasteiger partial charge is 0.340 e. The average Bonchev–Trinajstić information content (AvgIpc) is 3.23. The number of nitrogens with zero attached hydrogens (tertiary/aromatic N) is 2. The number of piperazine rings is 1. The highest BCUT2D eigenvalue weighted by Crippen LogP contribution is 2.39. The van der Waals surface area contributed by atoms with E-state index in [1.165, 1.54) is 22.5 Å². The summed E-state index contributed by atoms with van der Waals surface area (Å²) in [5.41, 5.74) is 0. The van der Waals surface area contributed by atoms with Crippen LogP contribution in [0, 0.1) is 17.7 Å². The molecule has 0 spiro atoms. The Hall–Kier alpha value is -1.47. The molecule has 0 unspecified atom stereocenters. The van der Waals surface area contributed by atoms with Crippen molar-refractivity contribution in [2.75, 3.05) is 26.2 Å². The normalized spacial score (nSPS) is 26.0. The van der Waals surface area contributed by atoms with Gasteiger partial charge in [0.1, 0.15) is 5.82 Å². The van der Waals surface area contributed by atoms with E-state index in [-0.39, 0.29) is 29.8 Å². The number of sulfonamides is 1. The Morgan fingerprint density at radius 1 is 1.23 bits per heavy atom. The van der Waals surface area contributed by atoms with E-state index < -0.39 is 15.8 Å². The maximum Gasteiger partial charge on any atom is 0.243 e. The lowest BCUT2D eigenvalue weighted by molar-refractivity contribution is -0.134. The molecule has 7 heteroatoms. The molecule has 0 aromatic heterocycles. The fourth-order valence-corrected chi connectivity index (χ4v) is 4.28. The Kier molecular flexibility index (Phi) is 3.94. The van der Waals surface area contributed by atoms with E-state index in [0.717, 1.165) is 12.5 Å². The molecule has 1 aromatic carbocycles. The van der Waals surface area contributed by atoms with Crippen molar-refractivity contribution in [1.82, 2.24) is 9.21 Å². The lowest BCUT2D eigenvalue weighted by Crippen LogP contribution is -2.51. The quantitative estimate of drug-likeness (QED) is 0.842. The van der Waals surface area contributed by atoms with Crippen molar-refractivity contribution < 1.29 is 17.6 Å². The summed E-state index contributed by atoms with van der Waals surface area (Å²) in [6.45, 7) is 3.36. The smallest absolute Gasteiger partial charge is 0.243 e. The minimum atomic E-state index is -3.69. The zero-order chi connectivity index (χ0) is 15.9. The summed E-state index contributed by atoms with van der Waals surface area (Å²) in [6, 6.07) is 5.02. The Balaban J connectivity index is 1.67. The highest BCUT2D eigenvalue weighted by atomic mass is 32.2. The second-order valence-corrected chi connectivity index (χ2v) is 7.94. The van der Waals surface area contributed by atoms with Crippen molar-refractivity contribution in [3.63, 3.8) is 0 Å². The molecular formula is C15H19FN2O3S. The van der Waals surface area contributed by atoms with Gasteiger partial charge < -0.3 is 4.90 Å². The van der Waals surface area contributed by atoms with Crippen LogP contribution in [0.5, 0.6) is 0 Å². The summed E-state index contributed by atoms with van der Waals surface area (Å²) in [7, 11) is -3.69. The average molecular weight is 326 g/mol. The first-order chi connectivity index (χ1) is 10.4. The fourth-order valence-electron chi connectivity index (χ4n) is 2.83. The molecule has 2 aliphatic rings. The molecule has 1 amide bonds. The van der Waals surface area contributed by atoms with E-state index in [2.05, 4.69) is 0 Å². The minimum Gasteiger partial charge on any atom is -0.340 e. The molecule has 3 rings (SSSR count). The van der Waals surface area contributed by atoms with Crippen LogP contribution in [0.15, 0.2) is 29.2 Å². The Morgan fingerprint density at radius 3 is 2.41 bits per heavy atom. The molecule has 1 saturated heterocycles. The van der Waals surface area contributed by atoms with Gasteiger partial charge in [-0.15, -0.1) is 0 Å². The molecule has 1 aliphatic heterocycles. The van der Waals surface area contributed by atoms with Crippen LogP contribution in [0.2, 0.25) is 0 Å². The van der Waals surface area contributed by atoms with Gasteiger partial charge in [-0.1, -0.05) is 13.0 Å². The standard InChI is InChI=1S/C15H19FN2O3S/c1-11-9-14(11)15(19)17-5-7-18(8-6-17)22(20,21)13-4-2-3-12(16)10-13/h2-4,10-11,14H,5-9H2,1H3/t11-,14-/m1/s1. The van der Waals surface area contributed by atoms with Crippen LogP contribution in [0.1, 0.15) is 13.3 Å². The predicted octanol–water partition coefficient (Wildman–Crippen LogP) is 1.31. The van der Waals surface area contributed by atoms with Crippen LogP contribution in [-0.4, -0.2) is 49.7 Å². The highest BCUT2D eigenvalue weighted by Gasteiger charge is 2.42. The van der Waals surface area contributed by atoms with Crippen LogP contribution in [0.4, 0.5) is 4.39 Å². The molecule has 1 aromatic rings. The first-order valence-corrected chi connectivity index (χ1v) is 8.88. The minimum absolute atomic E-state index is 0.0388. The van der Waals surface area contributed by atoms with Gasteiger partial charge in [0.15, 0.2) is 0 Å². The zero-order valence-electron chi connectivity index (χ0n) is 12.4. The molecule has 1 aliphatic carbocycles. The predicted molar refractivity (Wildman–Crippen MR) is 79.0 cm³/mol. The second kappa shape index (κ2) is 5.62. The van der Waals surface area contributed by atoms with Crippen LogP contribution in [-0.2, 0) is 14.8 Å². The molecule has 22 heavy (non-hydrogen) atoms. The third-order valence-electron chi connectivity index (χ3n) is 4.41. The molecule has 5 nitrogen and oxygen atoms in total.